The lowest BCUT2D eigenvalue weighted by molar-refractivity contribution is 0.187. The van der Waals surface area contributed by atoms with Crippen LogP contribution in [0.5, 0.6) is 0 Å². The molecule has 3 nitrogen and oxygen atoms in total. The van der Waals surface area contributed by atoms with E-state index in [1.807, 2.05) is 26.8 Å². The number of hydrogen-bond donors (Lipinski definition) is 0. The van der Waals surface area contributed by atoms with Gasteiger partial charge in [-0.05, 0) is 33.9 Å². The molecular formula is C12H28O3Si2. The van der Waals surface area contributed by atoms with E-state index in [-0.39, 0.29) is 0 Å². The summed E-state index contributed by atoms with van der Waals surface area (Å²) in [6, 6.07) is 0.845. The summed E-state index contributed by atoms with van der Waals surface area (Å²) in [4.78, 5) is 0. The molecule has 0 spiro atoms. The van der Waals surface area contributed by atoms with Gasteiger partial charge in [-0.15, -0.1) is 6.58 Å². The van der Waals surface area contributed by atoms with Crippen LogP contribution in [0.4, 0.5) is 0 Å². The minimum absolute atomic E-state index is 0.705. The van der Waals surface area contributed by atoms with Crippen molar-refractivity contribution in [1.82, 2.24) is 0 Å². The highest BCUT2D eigenvalue weighted by molar-refractivity contribution is 6.88. The highest BCUT2D eigenvalue weighted by Gasteiger charge is 2.43. The molecule has 0 bridgehead atoms. The van der Waals surface area contributed by atoms with Crippen molar-refractivity contribution in [1.29, 1.82) is 0 Å². The molecule has 0 heterocycles. The summed E-state index contributed by atoms with van der Waals surface area (Å²) in [6.07, 6.45) is 1.92. The van der Waals surface area contributed by atoms with Gasteiger partial charge in [0.1, 0.15) is 0 Å². The Labute approximate surface area is 109 Å². The van der Waals surface area contributed by atoms with Crippen LogP contribution in [-0.4, -0.2) is 36.7 Å². The fourth-order valence-corrected chi connectivity index (χ4v) is 11.8. The third-order valence-electron chi connectivity index (χ3n) is 2.50. The zero-order valence-corrected chi connectivity index (χ0v) is 14.0. The van der Waals surface area contributed by atoms with E-state index in [0.717, 1.165) is 18.3 Å². The lowest BCUT2D eigenvalue weighted by Crippen LogP contribution is -2.50. The topological polar surface area (TPSA) is 27.7 Å². The minimum atomic E-state index is -2.15. The van der Waals surface area contributed by atoms with E-state index in [2.05, 4.69) is 19.7 Å². The number of rotatable bonds is 10. The lowest BCUT2D eigenvalue weighted by atomic mass is 10.8. The zero-order valence-electron chi connectivity index (χ0n) is 12.0. The summed E-state index contributed by atoms with van der Waals surface area (Å²) >= 11 is 0. The molecule has 0 aliphatic rings. The van der Waals surface area contributed by atoms with Crippen LogP contribution in [0.2, 0.25) is 24.8 Å². The maximum atomic E-state index is 5.99. The molecule has 0 aromatic rings. The van der Waals surface area contributed by atoms with Crippen molar-refractivity contribution in [2.45, 2.75) is 45.6 Å². The highest BCUT2D eigenvalue weighted by atomic mass is 28.4. The van der Waals surface area contributed by atoms with Crippen molar-refractivity contribution in [2.24, 2.45) is 0 Å². The Bertz CT molecular complexity index is 214. The Kier molecular flexibility index (Phi) is 8.23. The number of allylic oxidation sites excluding steroid dienone is 1. The maximum Gasteiger partial charge on any atom is 0.341 e. The van der Waals surface area contributed by atoms with Crippen molar-refractivity contribution >= 4 is 16.9 Å². The average molecular weight is 277 g/mol. The van der Waals surface area contributed by atoms with Crippen molar-refractivity contribution in [3.8, 4) is 0 Å². The Morgan fingerprint density at radius 1 is 0.941 bits per heavy atom. The van der Waals surface area contributed by atoms with E-state index in [0.29, 0.717) is 13.2 Å². The molecular weight excluding hydrogens is 248 g/mol. The van der Waals surface area contributed by atoms with Crippen LogP contribution in [0, 0.1) is 0 Å². The molecule has 0 amide bonds. The maximum absolute atomic E-state index is 5.99. The monoisotopic (exact) mass is 276 g/mol. The third kappa shape index (κ3) is 6.52. The third-order valence-corrected chi connectivity index (χ3v) is 11.7. The summed E-state index contributed by atoms with van der Waals surface area (Å²) < 4.78 is 17.9. The van der Waals surface area contributed by atoms with Crippen molar-refractivity contribution < 1.29 is 13.3 Å². The van der Waals surface area contributed by atoms with E-state index in [9.17, 15) is 0 Å². The highest BCUT2D eigenvalue weighted by Crippen LogP contribution is 2.27. The first-order valence-electron chi connectivity index (χ1n) is 6.48. The van der Waals surface area contributed by atoms with Crippen molar-refractivity contribution in [3.05, 3.63) is 12.7 Å². The lowest BCUT2D eigenvalue weighted by Gasteiger charge is -2.35. The van der Waals surface area contributed by atoms with Crippen molar-refractivity contribution in [2.75, 3.05) is 19.8 Å². The standard InChI is InChI=1S/C12H28O3Si2/c1-7-11-17(14-9-3,15-10-4)12-16(5,6)13-8-2/h7H,1,8-12H2,2-6H3. The van der Waals surface area contributed by atoms with E-state index < -0.39 is 16.9 Å². The van der Waals surface area contributed by atoms with Crippen LogP contribution in [0.1, 0.15) is 20.8 Å². The molecule has 102 valence electrons. The average Bonchev–Trinajstić information content (AvgIpc) is 2.17. The molecule has 0 saturated heterocycles. The zero-order chi connectivity index (χ0) is 13.4. The summed E-state index contributed by atoms with van der Waals surface area (Å²) in [7, 11) is -3.84. The van der Waals surface area contributed by atoms with Gasteiger partial charge in [0.2, 0.25) is 0 Å². The van der Waals surface area contributed by atoms with E-state index in [1.54, 1.807) is 0 Å². The molecule has 0 rings (SSSR count). The molecule has 0 unspecified atom stereocenters. The van der Waals surface area contributed by atoms with Gasteiger partial charge in [-0.2, -0.15) is 0 Å². The van der Waals surface area contributed by atoms with Gasteiger partial charge >= 0.3 is 8.56 Å². The van der Waals surface area contributed by atoms with E-state index in [4.69, 9.17) is 13.3 Å². The Hall–Kier alpha value is 0.0538. The predicted octanol–water partition coefficient (Wildman–Crippen LogP) is 3.47. The van der Waals surface area contributed by atoms with Gasteiger partial charge in [-0.1, -0.05) is 6.08 Å². The van der Waals surface area contributed by atoms with Gasteiger partial charge in [0.15, 0.2) is 8.32 Å². The molecule has 5 heteroatoms. The molecule has 17 heavy (non-hydrogen) atoms. The van der Waals surface area contributed by atoms with Gasteiger partial charge in [-0.25, -0.2) is 0 Å². The first-order valence-corrected chi connectivity index (χ1v) is 11.8. The second-order valence-electron chi connectivity index (χ2n) is 4.64. The molecule has 0 aromatic heterocycles. The molecule has 0 atom stereocenters. The predicted molar refractivity (Wildman–Crippen MR) is 77.9 cm³/mol. The van der Waals surface area contributed by atoms with Gasteiger partial charge < -0.3 is 13.3 Å². The Morgan fingerprint density at radius 3 is 1.76 bits per heavy atom. The second-order valence-corrected chi connectivity index (χ2v) is 12.7. The van der Waals surface area contributed by atoms with Crippen LogP contribution in [0.15, 0.2) is 12.7 Å². The van der Waals surface area contributed by atoms with Gasteiger partial charge in [0, 0.05) is 31.5 Å². The molecule has 0 aliphatic heterocycles. The summed E-state index contributed by atoms with van der Waals surface area (Å²) in [5.41, 5.74) is 0.974. The van der Waals surface area contributed by atoms with Gasteiger partial charge in [0.25, 0.3) is 0 Å². The van der Waals surface area contributed by atoms with Crippen LogP contribution in [0.3, 0.4) is 0 Å². The van der Waals surface area contributed by atoms with Crippen molar-refractivity contribution in [3.63, 3.8) is 0 Å². The fraction of sp³-hybridized carbons (Fsp3) is 0.833. The summed E-state index contributed by atoms with van der Waals surface area (Å²) in [6.45, 7) is 16.6. The smallest absolute Gasteiger partial charge is 0.341 e. The Morgan fingerprint density at radius 2 is 1.41 bits per heavy atom. The fourth-order valence-electron chi connectivity index (χ4n) is 2.17. The van der Waals surface area contributed by atoms with E-state index in [1.165, 1.54) is 0 Å². The first kappa shape index (κ1) is 17.1. The van der Waals surface area contributed by atoms with Crippen LogP contribution in [-0.2, 0) is 13.3 Å². The first-order chi connectivity index (χ1) is 7.95. The number of hydrogen-bond acceptors (Lipinski definition) is 3. The second kappa shape index (κ2) is 8.21. The molecule has 0 fully saturated rings. The molecule has 0 N–H and O–H groups in total. The normalized spacial score (nSPS) is 12.8. The van der Waals surface area contributed by atoms with Gasteiger partial charge in [-0.3, -0.25) is 0 Å². The largest absolute Gasteiger partial charge is 0.418 e. The minimum Gasteiger partial charge on any atom is -0.418 e. The quantitative estimate of drug-likeness (QED) is 0.452. The molecule has 0 aliphatic carbocycles. The Balaban J connectivity index is 4.79. The van der Waals surface area contributed by atoms with Crippen LogP contribution < -0.4 is 0 Å². The summed E-state index contributed by atoms with van der Waals surface area (Å²) in [5, 5.41) is 0. The van der Waals surface area contributed by atoms with Crippen LogP contribution in [0.25, 0.3) is 0 Å². The molecule has 0 saturated carbocycles. The summed E-state index contributed by atoms with van der Waals surface area (Å²) in [5.74, 6) is 0. The SMILES string of the molecule is C=CC[Si](C[Si](C)(C)OCC)(OCC)OCC. The van der Waals surface area contributed by atoms with E-state index >= 15 is 0 Å². The molecule has 0 radical (unpaired) electrons. The van der Waals surface area contributed by atoms with Gasteiger partial charge in [0.05, 0.1) is 0 Å². The van der Waals surface area contributed by atoms with Crippen LogP contribution >= 0.6 is 0 Å². The molecule has 0 aromatic carbocycles.